The summed E-state index contributed by atoms with van der Waals surface area (Å²) in [6.45, 7) is 0. The summed E-state index contributed by atoms with van der Waals surface area (Å²) in [4.78, 5) is 0. The van der Waals surface area contributed by atoms with Crippen molar-refractivity contribution in [1.29, 1.82) is 0 Å². The first kappa shape index (κ1) is 11.1. The molecule has 1 N–H and O–H groups in total. The van der Waals surface area contributed by atoms with Crippen LogP contribution in [0.3, 0.4) is 0 Å². The molecule has 3 rings (SSSR count). The topological polar surface area (TPSA) is 12.0 Å². The Labute approximate surface area is 100 Å². The Morgan fingerprint density at radius 3 is 2.19 bits per heavy atom. The van der Waals surface area contributed by atoms with Crippen molar-refractivity contribution in [2.24, 2.45) is 23.7 Å². The molecule has 3 aliphatic carbocycles. The molecule has 0 spiro atoms. The highest BCUT2D eigenvalue weighted by Crippen LogP contribution is 2.47. The zero-order chi connectivity index (χ0) is 11.0. The summed E-state index contributed by atoms with van der Waals surface area (Å²) in [5.41, 5.74) is 0. The molecule has 92 valence electrons. The third-order valence-corrected chi connectivity index (χ3v) is 5.55. The van der Waals surface area contributed by atoms with E-state index >= 15 is 0 Å². The summed E-state index contributed by atoms with van der Waals surface area (Å²) in [6, 6.07) is 0.864. The number of hydrogen-bond acceptors (Lipinski definition) is 1. The first-order chi connectivity index (χ1) is 7.88. The molecule has 0 radical (unpaired) electrons. The average molecular weight is 221 g/mol. The molecule has 1 nitrogen and oxygen atoms in total. The molecule has 0 aliphatic heterocycles. The molecule has 1 heteroatoms. The highest BCUT2D eigenvalue weighted by atomic mass is 14.9. The minimum absolute atomic E-state index is 0.864. The monoisotopic (exact) mass is 221 g/mol. The smallest absolute Gasteiger partial charge is 0.0121 e. The Balaban J connectivity index is 1.60. The largest absolute Gasteiger partial charge is 0.316 e. The average Bonchev–Trinajstić information content (AvgIpc) is 3.14. The van der Waals surface area contributed by atoms with Gasteiger partial charge in [0.15, 0.2) is 0 Å². The first-order valence-corrected chi connectivity index (χ1v) is 7.55. The molecule has 0 aromatic rings. The lowest BCUT2D eigenvalue weighted by molar-refractivity contribution is 0.106. The first-order valence-electron chi connectivity index (χ1n) is 7.55. The fourth-order valence-corrected chi connectivity index (χ4v) is 4.55. The second-order valence-electron chi connectivity index (χ2n) is 6.53. The van der Waals surface area contributed by atoms with Crippen LogP contribution in [0.1, 0.15) is 57.8 Å². The zero-order valence-corrected chi connectivity index (χ0v) is 10.8. The number of rotatable bonds is 3. The lowest BCUT2D eigenvalue weighted by atomic mass is 9.65. The van der Waals surface area contributed by atoms with Crippen LogP contribution in [0, 0.1) is 23.7 Å². The minimum Gasteiger partial charge on any atom is -0.316 e. The van der Waals surface area contributed by atoms with Gasteiger partial charge in [0.25, 0.3) is 0 Å². The van der Waals surface area contributed by atoms with Crippen LogP contribution in [0.4, 0.5) is 0 Å². The van der Waals surface area contributed by atoms with E-state index in [0.717, 1.165) is 29.7 Å². The summed E-state index contributed by atoms with van der Waals surface area (Å²) in [6.07, 6.45) is 13.7. The maximum absolute atomic E-state index is 3.63. The molecule has 16 heavy (non-hydrogen) atoms. The Hall–Kier alpha value is -0.0400. The molecule has 0 aromatic heterocycles. The van der Waals surface area contributed by atoms with E-state index in [4.69, 9.17) is 0 Å². The maximum Gasteiger partial charge on any atom is 0.0121 e. The predicted molar refractivity (Wildman–Crippen MR) is 68.4 cm³/mol. The summed E-state index contributed by atoms with van der Waals surface area (Å²) in [5.74, 6) is 4.26. The van der Waals surface area contributed by atoms with Gasteiger partial charge in [0.2, 0.25) is 0 Å². The van der Waals surface area contributed by atoms with Crippen molar-refractivity contribution in [3.63, 3.8) is 0 Å². The summed E-state index contributed by atoms with van der Waals surface area (Å²) >= 11 is 0. The molecule has 0 heterocycles. The quantitative estimate of drug-likeness (QED) is 0.768. The van der Waals surface area contributed by atoms with E-state index in [1.807, 2.05) is 0 Å². The number of hydrogen-bond donors (Lipinski definition) is 1. The fourth-order valence-electron chi connectivity index (χ4n) is 4.55. The SMILES string of the molecule is CNC(C1CC1)C1CCC2CCCCC2C1. The van der Waals surface area contributed by atoms with Gasteiger partial charge in [-0.3, -0.25) is 0 Å². The zero-order valence-electron chi connectivity index (χ0n) is 10.8. The molecule has 0 saturated heterocycles. The van der Waals surface area contributed by atoms with Gasteiger partial charge >= 0.3 is 0 Å². The van der Waals surface area contributed by atoms with E-state index in [0.29, 0.717) is 0 Å². The van der Waals surface area contributed by atoms with Gasteiger partial charge in [-0.15, -0.1) is 0 Å². The predicted octanol–water partition coefficient (Wildman–Crippen LogP) is 3.59. The van der Waals surface area contributed by atoms with E-state index in [1.165, 1.54) is 32.1 Å². The normalized spacial score (nSPS) is 41.4. The van der Waals surface area contributed by atoms with Crippen molar-refractivity contribution in [2.45, 2.75) is 63.8 Å². The molecular weight excluding hydrogens is 194 g/mol. The van der Waals surface area contributed by atoms with Crippen molar-refractivity contribution < 1.29 is 0 Å². The highest BCUT2D eigenvalue weighted by molar-refractivity contribution is 4.94. The van der Waals surface area contributed by atoms with E-state index in [9.17, 15) is 0 Å². The second-order valence-corrected chi connectivity index (χ2v) is 6.53. The van der Waals surface area contributed by atoms with E-state index in [2.05, 4.69) is 12.4 Å². The van der Waals surface area contributed by atoms with Gasteiger partial charge in [-0.25, -0.2) is 0 Å². The van der Waals surface area contributed by atoms with Crippen molar-refractivity contribution in [1.82, 2.24) is 5.32 Å². The summed E-state index contributed by atoms with van der Waals surface area (Å²) < 4.78 is 0. The molecule has 0 aromatic carbocycles. The van der Waals surface area contributed by atoms with Crippen LogP contribution < -0.4 is 5.32 Å². The van der Waals surface area contributed by atoms with Crippen LogP contribution in [0.15, 0.2) is 0 Å². The van der Waals surface area contributed by atoms with Crippen LogP contribution in [0.2, 0.25) is 0 Å². The van der Waals surface area contributed by atoms with Crippen LogP contribution in [0.25, 0.3) is 0 Å². The highest BCUT2D eigenvalue weighted by Gasteiger charge is 2.40. The molecular formula is C15H27N. The molecule has 0 amide bonds. The van der Waals surface area contributed by atoms with Gasteiger partial charge in [0.05, 0.1) is 0 Å². The molecule has 3 fully saturated rings. The molecule has 3 aliphatic rings. The van der Waals surface area contributed by atoms with Crippen molar-refractivity contribution in [2.75, 3.05) is 7.05 Å². The van der Waals surface area contributed by atoms with Gasteiger partial charge in [-0.05, 0) is 62.8 Å². The maximum atomic E-state index is 3.63. The Morgan fingerprint density at radius 1 is 0.812 bits per heavy atom. The second kappa shape index (κ2) is 4.68. The Bertz CT molecular complexity index is 234. The van der Waals surface area contributed by atoms with Gasteiger partial charge in [0, 0.05) is 6.04 Å². The summed E-state index contributed by atoms with van der Waals surface area (Å²) in [7, 11) is 2.19. The third kappa shape index (κ3) is 2.16. The molecule has 4 unspecified atom stereocenters. The van der Waals surface area contributed by atoms with E-state index in [-0.39, 0.29) is 0 Å². The van der Waals surface area contributed by atoms with Crippen LogP contribution in [0.5, 0.6) is 0 Å². The fraction of sp³-hybridized carbons (Fsp3) is 1.00. The standard InChI is InChI=1S/C15H27N/c1-16-15(12-7-8-12)14-9-6-11-4-2-3-5-13(11)10-14/h11-16H,2-10H2,1H3. The van der Waals surface area contributed by atoms with Crippen molar-refractivity contribution in [3.8, 4) is 0 Å². The Kier molecular flexibility index (Phi) is 3.24. The molecule has 4 atom stereocenters. The van der Waals surface area contributed by atoms with Gasteiger partial charge < -0.3 is 5.32 Å². The minimum atomic E-state index is 0.864. The number of nitrogens with one attached hydrogen (secondary N) is 1. The third-order valence-electron chi connectivity index (χ3n) is 5.55. The van der Waals surface area contributed by atoms with Gasteiger partial charge in [0.1, 0.15) is 0 Å². The lowest BCUT2D eigenvalue weighted by Gasteiger charge is -2.42. The van der Waals surface area contributed by atoms with Gasteiger partial charge in [-0.1, -0.05) is 25.7 Å². The Morgan fingerprint density at radius 2 is 1.50 bits per heavy atom. The van der Waals surface area contributed by atoms with Crippen molar-refractivity contribution in [3.05, 3.63) is 0 Å². The van der Waals surface area contributed by atoms with Crippen molar-refractivity contribution >= 4 is 0 Å². The lowest BCUT2D eigenvalue weighted by Crippen LogP contribution is -2.40. The molecule has 0 bridgehead atoms. The van der Waals surface area contributed by atoms with E-state index in [1.54, 1.807) is 25.7 Å². The van der Waals surface area contributed by atoms with Crippen LogP contribution in [-0.2, 0) is 0 Å². The van der Waals surface area contributed by atoms with Crippen LogP contribution >= 0.6 is 0 Å². The molecule has 3 saturated carbocycles. The van der Waals surface area contributed by atoms with Gasteiger partial charge in [-0.2, -0.15) is 0 Å². The number of fused-ring (bicyclic) bond motifs is 1. The summed E-state index contributed by atoms with van der Waals surface area (Å²) in [5, 5.41) is 3.63. The van der Waals surface area contributed by atoms with E-state index < -0.39 is 0 Å². The van der Waals surface area contributed by atoms with Crippen LogP contribution in [-0.4, -0.2) is 13.1 Å².